The number of carbonyl (C=O) groups excluding carboxylic acids is 3. The molecule has 1 aliphatic rings. The molecule has 35 heavy (non-hydrogen) atoms. The normalized spacial score (nSPS) is 15.0. The van der Waals surface area contributed by atoms with Gasteiger partial charge in [-0.25, -0.2) is 4.79 Å². The fourth-order valence-electron chi connectivity index (χ4n) is 4.40. The van der Waals surface area contributed by atoms with E-state index in [0.717, 1.165) is 20.9 Å². The number of hydrogen-bond acceptors (Lipinski definition) is 4. The van der Waals surface area contributed by atoms with Crippen LogP contribution in [0.2, 0.25) is 0 Å². The summed E-state index contributed by atoms with van der Waals surface area (Å²) in [7, 11) is 0. The smallest absolute Gasteiger partial charge is 0.319 e. The minimum absolute atomic E-state index is 0.163. The van der Waals surface area contributed by atoms with Crippen LogP contribution in [0.5, 0.6) is 0 Å². The number of benzene rings is 2. The molecule has 3 aromatic rings. The molecule has 1 saturated heterocycles. The minimum Gasteiger partial charge on any atom is -0.466 e. The molecular weight excluding hydrogens is 512 g/mol. The van der Waals surface area contributed by atoms with Crippen molar-refractivity contribution in [1.82, 2.24) is 15.2 Å². The highest BCUT2D eigenvalue weighted by atomic mass is 79.9. The number of hydrogen-bond donors (Lipinski definition) is 3. The second-order valence-corrected chi connectivity index (χ2v) is 9.49. The molecule has 0 aliphatic carbocycles. The van der Waals surface area contributed by atoms with Crippen LogP contribution >= 0.6 is 15.9 Å². The number of likely N-dealkylation sites (tertiary alicyclic amines) is 1. The lowest BCUT2D eigenvalue weighted by molar-refractivity contribution is -0.151. The van der Waals surface area contributed by atoms with Gasteiger partial charge in [-0.2, -0.15) is 0 Å². The van der Waals surface area contributed by atoms with Crippen LogP contribution in [0.15, 0.2) is 59.2 Å². The lowest BCUT2D eigenvalue weighted by atomic mass is 9.95. The Morgan fingerprint density at radius 1 is 1.11 bits per heavy atom. The number of carbonyl (C=O) groups is 3. The zero-order valence-corrected chi connectivity index (χ0v) is 21.1. The van der Waals surface area contributed by atoms with E-state index in [1.165, 1.54) is 0 Å². The van der Waals surface area contributed by atoms with Crippen molar-refractivity contribution in [2.45, 2.75) is 32.2 Å². The highest BCUT2D eigenvalue weighted by Crippen LogP contribution is 2.23. The van der Waals surface area contributed by atoms with Gasteiger partial charge in [0.15, 0.2) is 0 Å². The molecular formula is C26H29BrN4O4. The van der Waals surface area contributed by atoms with Gasteiger partial charge in [-0.05, 0) is 55.7 Å². The summed E-state index contributed by atoms with van der Waals surface area (Å²) < 4.78 is 6.04. The van der Waals surface area contributed by atoms with Crippen molar-refractivity contribution >= 4 is 50.4 Å². The number of halogens is 1. The number of anilines is 1. The van der Waals surface area contributed by atoms with Gasteiger partial charge in [0.1, 0.15) is 6.04 Å². The lowest BCUT2D eigenvalue weighted by Gasteiger charge is -2.33. The highest BCUT2D eigenvalue weighted by Gasteiger charge is 2.32. The maximum Gasteiger partial charge on any atom is 0.319 e. The predicted molar refractivity (Wildman–Crippen MR) is 138 cm³/mol. The van der Waals surface area contributed by atoms with Crippen LogP contribution in [0, 0.1) is 5.92 Å². The number of urea groups is 1. The molecule has 2 aromatic carbocycles. The SMILES string of the molecule is CCOC(=O)C1CCN(C(=O)C(Cc2c[nH]c3ccccc23)NC(=O)Nc2ccc(Br)cc2)CC1. The molecule has 0 saturated carbocycles. The Kier molecular flexibility index (Phi) is 8.07. The van der Waals surface area contributed by atoms with Gasteiger partial charge < -0.3 is 25.3 Å². The summed E-state index contributed by atoms with van der Waals surface area (Å²) in [5.41, 5.74) is 2.55. The van der Waals surface area contributed by atoms with Gasteiger partial charge in [0.05, 0.1) is 12.5 Å². The van der Waals surface area contributed by atoms with Crippen molar-refractivity contribution in [3.8, 4) is 0 Å². The van der Waals surface area contributed by atoms with Crippen LogP contribution in [0.3, 0.4) is 0 Å². The molecule has 8 nitrogen and oxygen atoms in total. The molecule has 0 spiro atoms. The number of piperidine rings is 1. The maximum atomic E-state index is 13.5. The minimum atomic E-state index is -0.760. The average Bonchev–Trinajstić information content (AvgIpc) is 3.27. The van der Waals surface area contributed by atoms with Crippen LogP contribution in [0.1, 0.15) is 25.3 Å². The number of aromatic nitrogens is 1. The van der Waals surface area contributed by atoms with Crippen LogP contribution < -0.4 is 10.6 Å². The van der Waals surface area contributed by atoms with E-state index in [1.807, 2.05) is 42.6 Å². The second kappa shape index (κ2) is 11.4. The molecule has 184 valence electrons. The number of amides is 3. The predicted octanol–water partition coefficient (Wildman–Crippen LogP) is 4.46. The topological polar surface area (TPSA) is 104 Å². The number of esters is 1. The zero-order valence-electron chi connectivity index (χ0n) is 19.6. The molecule has 1 atom stereocenters. The van der Waals surface area contributed by atoms with Gasteiger partial charge in [0.2, 0.25) is 5.91 Å². The molecule has 1 unspecified atom stereocenters. The second-order valence-electron chi connectivity index (χ2n) is 8.57. The number of nitrogens with zero attached hydrogens (tertiary/aromatic N) is 1. The summed E-state index contributed by atoms with van der Waals surface area (Å²) in [6.45, 7) is 3.03. The number of aromatic amines is 1. The van der Waals surface area contributed by atoms with Gasteiger partial charge >= 0.3 is 12.0 Å². The van der Waals surface area contributed by atoms with Crippen molar-refractivity contribution in [2.75, 3.05) is 25.0 Å². The zero-order chi connectivity index (χ0) is 24.8. The quantitative estimate of drug-likeness (QED) is 0.384. The van der Waals surface area contributed by atoms with Crippen LogP contribution in [0.25, 0.3) is 10.9 Å². The molecule has 1 aliphatic heterocycles. The summed E-state index contributed by atoms with van der Waals surface area (Å²) in [6.07, 6.45) is 3.32. The molecule has 1 fully saturated rings. The summed E-state index contributed by atoms with van der Waals surface area (Å²) in [6, 6.07) is 13.9. The molecule has 3 amide bonds. The standard InChI is InChI=1S/C26H29BrN4O4/c1-2-35-25(33)17-11-13-31(14-12-17)24(32)23(15-18-16-28-22-6-4-3-5-21(18)22)30-26(34)29-20-9-7-19(27)8-10-20/h3-10,16-17,23,28H,2,11-15H2,1H3,(H2,29,30,34). The van der Waals surface area contributed by atoms with E-state index in [-0.39, 0.29) is 17.8 Å². The Hall–Kier alpha value is -3.33. The van der Waals surface area contributed by atoms with Crippen molar-refractivity contribution in [2.24, 2.45) is 5.92 Å². The number of H-pyrrole nitrogens is 1. The van der Waals surface area contributed by atoms with Gasteiger partial charge in [0.25, 0.3) is 0 Å². The first-order chi connectivity index (χ1) is 16.9. The van der Waals surface area contributed by atoms with E-state index in [9.17, 15) is 14.4 Å². The summed E-state index contributed by atoms with van der Waals surface area (Å²) >= 11 is 3.38. The number of rotatable bonds is 7. The molecule has 4 rings (SSSR count). The fraction of sp³-hybridized carbons (Fsp3) is 0.346. The lowest BCUT2D eigenvalue weighted by Crippen LogP contribution is -2.53. The average molecular weight is 541 g/mol. The van der Waals surface area contributed by atoms with Crippen molar-refractivity contribution in [3.05, 3.63) is 64.8 Å². The van der Waals surface area contributed by atoms with Crippen LogP contribution in [0.4, 0.5) is 10.5 Å². The third-order valence-corrected chi connectivity index (χ3v) is 6.76. The molecule has 0 radical (unpaired) electrons. The van der Waals surface area contributed by atoms with Crippen molar-refractivity contribution in [3.63, 3.8) is 0 Å². The third kappa shape index (κ3) is 6.22. The van der Waals surface area contributed by atoms with E-state index in [0.29, 0.717) is 44.6 Å². The Bertz CT molecular complexity index is 1190. The monoisotopic (exact) mass is 540 g/mol. The summed E-state index contributed by atoms with van der Waals surface area (Å²) in [5.74, 6) is -0.565. The number of para-hydroxylation sites is 1. The summed E-state index contributed by atoms with van der Waals surface area (Å²) in [5, 5.41) is 6.69. The third-order valence-electron chi connectivity index (χ3n) is 6.23. The first-order valence-electron chi connectivity index (χ1n) is 11.8. The Labute approximate surface area is 212 Å². The molecule has 1 aromatic heterocycles. The maximum absolute atomic E-state index is 13.5. The fourth-order valence-corrected chi connectivity index (χ4v) is 4.66. The first-order valence-corrected chi connectivity index (χ1v) is 12.6. The number of ether oxygens (including phenoxy) is 1. The van der Waals surface area contributed by atoms with E-state index in [1.54, 1.807) is 24.0 Å². The Balaban J connectivity index is 1.48. The molecule has 9 heteroatoms. The largest absolute Gasteiger partial charge is 0.466 e. The summed E-state index contributed by atoms with van der Waals surface area (Å²) in [4.78, 5) is 43.4. The van der Waals surface area contributed by atoms with E-state index in [2.05, 4.69) is 31.5 Å². The van der Waals surface area contributed by atoms with Gasteiger partial charge in [0, 0.05) is 46.8 Å². The Morgan fingerprint density at radius 2 is 1.83 bits per heavy atom. The highest BCUT2D eigenvalue weighted by molar-refractivity contribution is 9.10. The van der Waals surface area contributed by atoms with Gasteiger partial charge in [-0.1, -0.05) is 34.1 Å². The molecule has 2 heterocycles. The van der Waals surface area contributed by atoms with E-state index in [4.69, 9.17) is 4.74 Å². The molecule has 0 bridgehead atoms. The number of fused-ring (bicyclic) bond motifs is 1. The van der Waals surface area contributed by atoms with Crippen LogP contribution in [-0.4, -0.2) is 53.5 Å². The Morgan fingerprint density at radius 3 is 2.54 bits per heavy atom. The van der Waals surface area contributed by atoms with Gasteiger partial charge in [-0.15, -0.1) is 0 Å². The van der Waals surface area contributed by atoms with Crippen molar-refractivity contribution < 1.29 is 19.1 Å². The number of nitrogens with one attached hydrogen (secondary N) is 3. The van der Waals surface area contributed by atoms with Crippen LogP contribution in [-0.2, 0) is 20.7 Å². The van der Waals surface area contributed by atoms with E-state index >= 15 is 0 Å². The van der Waals surface area contributed by atoms with Gasteiger partial charge in [-0.3, -0.25) is 9.59 Å². The van der Waals surface area contributed by atoms with E-state index < -0.39 is 12.1 Å². The molecule has 3 N–H and O–H groups in total. The first kappa shape index (κ1) is 24.8. The van der Waals surface area contributed by atoms with Crippen molar-refractivity contribution in [1.29, 1.82) is 0 Å².